The lowest BCUT2D eigenvalue weighted by Gasteiger charge is -2.11. The van der Waals surface area contributed by atoms with E-state index in [9.17, 15) is 13.6 Å². The van der Waals surface area contributed by atoms with E-state index in [1.807, 2.05) is 0 Å². The molecular formula is C10H11ClF2N2O2. The quantitative estimate of drug-likeness (QED) is 0.843. The van der Waals surface area contributed by atoms with Gasteiger partial charge in [0, 0.05) is 18.3 Å². The zero-order valence-corrected chi connectivity index (χ0v) is 9.80. The molecule has 0 atom stereocenters. The van der Waals surface area contributed by atoms with Gasteiger partial charge in [-0.05, 0) is 0 Å². The van der Waals surface area contributed by atoms with Gasteiger partial charge in [-0.15, -0.1) is 0 Å². The van der Waals surface area contributed by atoms with Gasteiger partial charge in [0.15, 0.2) is 0 Å². The van der Waals surface area contributed by atoms with Gasteiger partial charge in [0.25, 0.3) is 6.43 Å². The van der Waals surface area contributed by atoms with E-state index in [-0.39, 0.29) is 23.6 Å². The van der Waals surface area contributed by atoms with Crippen molar-refractivity contribution in [1.29, 1.82) is 0 Å². The maximum Gasteiger partial charge on any atom is 0.310 e. The van der Waals surface area contributed by atoms with Crippen LogP contribution >= 0.6 is 11.6 Å². The minimum absolute atomic E-state index is 0.00949. The molecular weight excluding hydrogens is 254 g/mol. The molecule has 0 spiro atoms. The topological polar surface area (TPSA) is 65.2 Å². The van der Waals surface area contributed by atoms with Crippen LogP contribution in [0.4, 0.5) is 8.78 Å². The predicted octanol–water partition coefficient (Wildman–Crippen LogP) is 1.85. The summed E-state index contributed by atoms with van der Waals surface area (Å²) >= 11 is 5.81. The molecule has 0 amide bonds. The molecule has 1 aromatic rings. The van der Waals surface area contributed by atoms with E-state index >= 15 is 0 Å². The summed E-state index contributed by atoms with van der Waals surface area (Å²) < 4.78 is 29.6. The van der Waals surface area contributed by atoms with Crippen molar-refractivity contribution >= 4 is 17.6 Å². The second-order valence-electron chi connectivity index (χ2n) is 3.21. The molecule has 1 heterocycles. The van der Waals surface area contributed by atoms with Crippen LogP contribution in [0.1, 0.15) is 23.2 Å². The van der Waals surface area contributed by atoms with E-state index < -0.39 is 18.0 Å². The first kappa shape index (κ1) is 13.8. The van der Waals surface area contributed by atoms with Gasteiger partial charge in [-0.3, -0.25) is 9.78 Å². The molecule has 0 saturated carbocycles. The highest BCUT2D eigenvalue weighted by atomic mass is 35.5. The summed E-state index contributed by atoms with van der Waals surface area (Å²) in [6.07, 6.45) is -2.01. The number of carbonyl (C=O) groups excluding carboxylic acids is 1. The minimum Gasteiger partial charge on any atom is -0.469 e. The SMILES string of the molecule is COC(=O)Cc1c(CN)ncc(C(F)F)c1Cl. The highest BCUT2D eigenvalue weighted by molar-refractivity contribution is 6.32. The third-order valence-electron chi connectivity index (χ3n) is 2.20. The molecule has 0 bridgehead atoms. The van der Waals surface area contributed by atoms with E-state index in [1.54, 1.807) is 0 Å². The Morgan fingerprint density at radius 1 is 1.65 bits per heavy atom. The smallest absolute Gasteiger partial charge is 0.310 e. The Morgan fingerprint density at radius 2 is 2.29 bits per heavy atom. The summed E-state index contributed by atoms with van der Waals surface area (Å²) in [7, 11) is 1.20. The first-order valence-electron chi connectivity index (χ1n) is 4.72. The summed E-state index contributed by atoms with van der Waals surface area (Å²) in [6.45, 7) is 0.00949. The highest BCUT2D eigenvalue weighted by Gasteiger charge is 2.20. The number of rotatable bonds is 4. The van der Waals surface area contributed by atoms with Crippen molar-refractivity contribution in [2.75, 3.05) is 7.11 Å². The van der Waals surface area contributed by atoms with E-state index in [1.165, 1.54) is 7.11 Å². The van der Waals surface area contributed by atoms with Gasteiger partial charge in [-0.1, -0.05) is 11.6 Å². The molecule has 0 aliphatic carbocycles. The van der Waals surface area contributed by atoms with E-state index in [0.29, 0.717) is 5.69 Å². The fraction of sp³-hybridized carbons (Fsp3) is 0.400. The molecule has 4 nitrogen and oxygen atoms in total. The second kappa shape index (κ2) is 5.88. The van der Waals surface area contributed by atoms with Crippen molar-refractivity contribution in [3.63, 3.8) is 0 Å². The normalized spacial score (nSPS) is 10.7. The summed E-state index contributed by atoms with van der Waals surface area (Å²) in [5, 5.41) is -0.180. The van der Waals surface area contributed by atoms with Crippen LogP contribution in [0.25, 0.3) is 0 Å². The Labute approximate surface area is 102 Å². The van der Waals surface area contributed by atoms with Crippen LogP contribution in [-0.4, -0.2) is 18.1 Å². The van der Waals surface area contributed by atoms with Crippen molar-refractivity contribution in [2.45, 2.75) is 19.4 Å². The largest absolute Gasteiger partial charge is 0.469 e. The first-order chi connectivity index (χ1) is 8.01. The zero-order valence-electron chi connectivity index (χ0n) is 9.04. The van der Waals surface area contributed by atoms with Gasteiger partial charge in [0.05, 0.1) is 29.8 Å². The van der Waals surface area contributed by atoms with Gasteiger partial charge in [0.2, 0.25) is 0 Å². The molecule has 0 fully saturated rings. The number of hydrogen-bond acceptors (Lipinski definition) is 4. The lowest BCUT2D eigenvalue weighted by atomic mass is 10.1. The number of alkyl halides is 2. The molecule has 0 aromatic carbocycles. The number of hydrogen-bond donors (Lipinski definition) is 1. The molecule has 0 aliphatic heterocycles. The molecule has 0 saturated heterocycles. The first-order valence-corrected chi connectivity index (χ1v) is 5.10. The lowest BCUT2D eigenvalue weighted by molar-refractivity contribution is -0.139. The van der Waals surface area contributed by atoms with E-state index in [0.717, 1.165) is 6.20 Å². The lowest BCUT2D eigenvalue weighted by Crippen LogP contribution is -2.12. The summed E-state index contributed by atoms with van der Waals surface area (Å²) in [4.78, 5) is 14.9. The van der Waals surface area contributed by atoms with Crippen molar-refractivity contribution in [1.82, 2.24) is 4.98 Å². The van der Waals surface area contributed by atoms with Crippen molar-refractivity contribution < 1.29 is 18.3 Å². The van der Waals surface area contributed by atoms with Gasteiger partial charge in [0.1, 0.15) is 0 Å². The molecule has 17 heavy (non-hydrogen) atoms. The Hall–Kier alpha value is -1.27. The average Bonchev–Trinajstić information content (AvgIpc) is 2.30. The third-order valence-corrected chi connectivity index (χ3v) is 2.65. The Bertz CT molecular complexity index is 427. The predicted molar refractivity (Wildman–Crippen MR) is 57.8 cm³/mol. The van der Waals surface area contributed by atoms with Crippen LogP contribution in [0.15, 0.2) is 6.20 Å². The number of esters is 1. The molecule has 0 radical (unpaired) electrons. The highest BCUT2D eigenvalue weighted by Crippen LogP contribution is 2.30. The van der Waals surface area contributed by atoms with Crippen LogP contribution < -0.4 is 5.73 Å². The molecule has 2 N–H and O–H groups in total. The number of halogens is 3. The number of carbonyl (C=O) groups is 1. The van der Waals surface area contributed by atoms with Gasteiger partial charge in [-0.2, -0.15) is 0 Å². The molecule has 1 aromatic heterocycles. The number of ether oxygens (including phenoxy) is 1. The average molecular weight is 265 g/mol. The van der Waals surface area contributed by atoms with Crippen molar-refractivity contribution in [3.05, 3.63) is 28.0 Å². The Morgan fingerprint density at radius 3 is 2.76 bits per heavy atom. The number of aromatic nitrogens is 1. The Kier molecular flexibility index (Phi) is 4.77. The monoisotopic (exact) mass is 264 g/mol. The molecule has 1 rings (SSSR count). The number of nitrogens with zero attached hydrogens (tertiary/aromatic N) is 1. The summed E-state index contributed by atoms with van der Waals surface area (Å²) in [5.74, 6) is -0.588. The molecule has 7 heteroatoms. The molecule has 94 valence electrons. The maximum atomic E-state index is 12.6. The van der Waals surface area contributed by atoms with Crippen molar-refractivity contribution in [2.24, 2.45) is 5.73 Å². The van der Waals surface area contributed by atoms with Crippen LogP contribution in [0, 0.1) is 0 Å². The van der Waals surface area contributed by atoms with Crippen LogP contribution in [0.5, 0.6) is 0 Å². The minimum atomic E-state index is -2.75. The fourth-order valence-electron chi connectivity index (χ4n) is 1.31. The zero-order chi connectivity index (χ0) is 13.0. The molecule has 0 unspecified atom stereocenters. The third kappa shape index (κ3) is 3.10. The van der Waals surface area contributed by atoms with Crippen LogP contribution in [0.2, 0.25) is 5.02 Å². The van der Waals surface area contributed by atoms with Gasteiger partial charge >= 0.3 is 5.97 Å². The van der Waals surface area contributed by atoms with Gasteiger partial charge in [-0.25, -0.2) is 8.78 Å². The standard InChI is InChI=1S/C10H11ClF2N2O2/c1-17-8(16)2-5-7(3-14)15-4-6(9(5)11)10(12)13/h4,10H,2-3,14H2,1H3. The summed E-state index contributed by atoms with van der Waals surface area (Å²) in [6, 6.07) is 0. The van der Waals surface area contributed by atoms with Gasteiger partial charge < -0.3 is 10.5 Å². The molecule has 0 aliphatic rings. The summed E-state index contributed by atoms with van der Waals surface area (Å²) in [5.41, 5.74) is 5.49. The number of pyridine rings is 1. The maximum absolute atomic E-state index is 12.6. The van der Waals surface area contributed by atoms with E-state index in [2.05, 4.69) is 9.72 Å². The Balaban J connectivity index is 3.22. The second-order valence-corrected chi connectivity index (χ2v) is 3.59. The number of methoxy groups -OCH3 is 1. The fourth-order valence-corrected chi connectivity index (χ4v) is 1.61. The van der Waals surface area contributed by atoms with E-state index in [4.69, 9.17) is 17.3 Å². The number of nitrogens with two attached hydrogens (primary N) is 1. The van der Waals surface area contributed by atoms with Crippen LogP contribution in [0.3, 0.4) is 0 Å². The van der Waals surface area contributed by atoms with Crippen molar-refractivity contribution in [3.8, 4) is 0 Å². The van der Waals surface area contributed by atoms with Crippen LogP contribution in [-0.2, 0) is 22.5 Å².